The van der Waals surface area contributed by atoms with Crippen LogP contribution in [-0.4, -0.2) is 97.5 Å². The number of aliphatic hydroxyl groups excluding tert-OH is 3. The van der Waals surface area contributed by atoms with Crippen molar-refractivity contribution < 1.29 is 56.2 Å². The predicted molar refractivity (Wildman–Crippen MR) is 243 cm³/mol. The number of hydrogen-bond donors (Lipinski definition) is 4. The van der Waals surface area contributed by atoms with E-state index < -0.39 is 59.8 Å². The summed E-state index contributed by atoms with van der Waals surface area (Å²) in [5.41, 5.74) is 0. The maximum absolute atomic E-state index is 12.9. The summed E-state index contributed by atoms with van der Waals surface area (Å²) in [6, 6.07) is 0. The Kier molecular flexibility index (Phi) is 37.1. The van der Waals surface area contributed by atoms with Gasteiger partial charge in [-0.2, -0.15) is 8.42 Å². The van der Waals surface area contributed by atoms with Crippen LogP contribution < -0.4 is 0 Å². The second kappa shape index (κ2) is 39.6. The van der Waals surface area contributed by atoms with Crippen LogP contribution >= 0.6 is 0 Å². The number of aliphatic hydroxyl groups is 3. The van der Waals surface area contributed by atoms with Gasteiger partial charge >= 0.3 is 16.4 Å². The van der Waals surface area contributed by atoms with Crippen molar-refractivity contribution in [2.45, 2.75) is 224 Å². The molecule has 0 aromatic carbocycles. The van der Waals surface area contributed by atoms with Gasteiger partial charge in [0.15, 0.2) is 6.29 Å². The molecule has 0 aromatic heterocycles. The molecule has 6 atom stereocenters. The minimum atomic E-state index is -5.07. The largest absolute Gasteiger partial charge is 0.457 e. The average molecular weight is 887 g/mol. The van der Waals surface area contributed by atoms with E-state index >= 15 is 0 Å². The van der Waals surface area contributed by atoms with Crippen molar-refractivity contribution >= 4 is 16.4 Å². The van der Waals surface area contributed by atoms with Crippen molar-refractivity contribution in [1.29, 1.82) is 0 Å². The van der Waals surface area contributed by atoms with Crippen LogP contribution in [0.1, 0.15) is 187 Å². The Hall–Kier alpha value is -1.94. The van der Waals surface area contributed by atoms with E-state index in [-0.39, 0.29) is 19.6 Å². The zero-order chi connectivity index (χ0) is 44.7. The summed E-state index contributed by atoms with van der Waals surface area (Å²) in [6.07, 6.45) is 38.5. The average Bonchev–Trinajstić information content (AvgIpc) is 3.23. The highest BCUT2D eigenvalue weighted by Gasteiger charge is 2.48. The molecule has 0 aliphatic carbocycles. The molecular formula is C48H86O12S. The third-order valence-corrected chi connectivity index (χ3v) is 11.2. The SMILES string of the molecule is CC/C=C\C/C=C\C/C=C\CCCCCCCCCCOCC(COC1OC(CO)C(O)C(OS(=O)(=O)O)C1O)OC(=O)CCCCCCC/C=C\CCCCCCCCC. The van der Waals surface area contributed by atoms with Crippen molar-refractivity contribution in [3.63, 3.8) is 0 Å². The molecule has 6 unspecified atom stereocenters. The summed E-state index contributed by atoms with van der Waals surface area (Å²) in [5, 5.41) is 30.7. The minimum absolute atomic E-state index is 0.0269. The first-order chi connectivity index (χ1) is 29.6. The lowest BCUT2D eigenvalue weighted by molar-refractivity contribution is -0.301. The molecule has 1 rings (SSSR count). The molecule has 1 aliphatic heterocycles. The van der Waals surface area contributed by atoms with Crippen LogP contribution in [0.15, 0.2) is 48.6 Å². The van der Waals surface area contributed by atoms with E-state index in [1.165, 1.54) is 77.0 Å². The topological polar surface area (TPSA) is 178 Å². The highest BCUT2D eigenvalue weighted by atomic mass is 32.3. The number of carbonyl (C=O) groups is 1. The van der Waals surface area contributed by atoms with Crippen molar-refractivity contribution in [3.05, 3.63) is 48.6 Å². The molecule has 1 aliphatic rings. The monoisotopic (exact) mass is 887 g/mol. The van der Waals surface area contributed by atoms with Crippen molar-refractivity contribution in [2.24, 2.45) is 0 Å². The molecule has 1 saturated heterocycles. The van der Waals surface area contributed by atoms with Crippen molar-refractivity contribution in [1.82, 2.24) is 0 Å². The highest BCUT2D eigenvalue weighted by Crippen LogP contribution is 2.26. The Morgan fingerprint density at radius 2 is 1.13 bits per heavy atom. The smallest absolute Gasteiger partial charge is 0.397 e. The van der Waals surface area contributed by atoms with Crippen LogP contribution in [-0.2, 0) is 38.3 Å². The summed E-state index contributed by atoms with van der Waals surface area (Å²) in [6.45, 7) is 3.85. The van der Waals surface area contributed by atoms with E-state index in [0.717, 1.165) is 83.5 Å². The quantitative estimate of drug-likeness (QED) is 0.0198. The number of rotatable bonds is 41. The molecule has 0 radical (unpaired) electrons. The maximum Gasteiger partial charge on any atom is 0.397 e. The zero-order valence-electron chi connectivity index (χ0n) is 38.0. The predicted octanol–water partition coefficient (Wildman–Crippen LogP) is 10.4. The third kappa shape index (κ3) is 33.3. The molecule has 0 bridgehead atoms. The number of ether oxygens (including phenoxy) is 4. The number of hydrogen-bond acceptors (Lipinski definition) is 11. The number of carbonyl (C=O) groups excluding carboxylic acids is 1. The van der Waals surface area contributed by atoms with Crippen LogP contribution in [0.25, 0.3) is 0 Å². The fourth-order valence-corrected chi connectivity index (χ4v) is 7.60. The first-order valence-electron chi connectivity index (χ1n) is 23.9. The van der Waals surface area contributed by atoms with Gasteiger partial charge in [0.2, 0.25) is 0 Å². The van der Waals surface area contributed by atoms with E-state index in [1.807, 2.05) is 0 Å². The summed E-state index contributed by atoms with van der Waals surface area (Å²) in [5.74, 6) is -0.411. The van der Waals surface area contributed by atoms with Crippen LogP contribution in [0.5, 0.6) is 0 Å². The van der Waals surface area contributed by atoms with Gasteiger partial charge in [-0.25, -0.2) is 4.18 Å². The first-order valence-corrected chi connectivity index (χ1v) is 25.3. The molecule has 12 nitrogen and oxygen atoms in total. The maximum atomic E-state index is 12.9. The first kappa shape index (κ1) is 57.1. The summed E-state index contributed by atoms with van der Waals surface area (Å²) >= 11 is 0. The fourth-order valence-electron chi connectivity index (χ4n) is 7.09. The Labute approximate surface area is 370 Å². The summed E-state index contributed by atoms with van der Waals surface area (Å²) in [7, 11) is -5.07. The third-order valence-electron chi connectivity index (χ3n) is 10.7. The molecule has 1 fully saturated rings. The normalized spacial score (nSPS) is 20.5. The number of unbranched alkanes of at least 4 members (excludes halogenated alkanes) is 20. The van der Waals surface area contributed by atoms with Gasteiger partial charge in [-0.1, -0.05) is 159 Å². The van der Waals surface area contributed by atoms with E-state index in [9.17, 15) is 33.1 Å². The van der Waals surface area contributed by atoms with E-state index in [2.05, 4.69) is 66.6 Å². The Bertz CT molecular complexity index is 1250. The van der Waals surface area contributed by atoms with E-state index in [0.29, 0.717) is 13.0 Å². The Morgan fingerprint density at radius 1 is 0.639 bits per heavy atom. The number of esters is 1. The molecule has 0 spiro atoms. The molecular weight excluding hydrogens is 801 g/mol. The molecule has 1 heterocycles. The van der Waals surface area contributed by atoms with Gasteiger partial charge in [0.25, 0.3) is 0 Å². The second-order valence-electron chi connectivity index (χ2n) is 16.3. The van der Waals surface area contributed by atoms with Crippen LogP contribution in [0.3, 0.4) is 0 Å². The molecule has 13 heteroatoms. The van der Waals surface area contributed by atoms with Crippen LogP contribution in [0, 0.1) is 0 Å². The molecule has 0 saturated carbocycles. The number of allylic oxidation sites excluding steroid dienone is 8. The van der Waals surface area contributed by atoms with Gasteiger partial charge in [-0.3, -0.25) is 9.35 Å². The lowest BCUT2D eigenvalue weighted by Gasteiger charge is -2.41. The second-order valence-corrected chi connectivity index (χ2v) is 17.4. The minimum Gasteiger partial charge on any atom is -0.457 e. The standard InChI is InChI=1S/C48H86O12S/c1-3-5-7-9-11-13-15-17-19-21-22-24-26-28-30-32-34-36-38-56-40-42(41-57-48-46(52)47(60-61(53,54)55)45(51)43(39-49)59-48)58-44(50)37-35-33-31-29-27-25-23-20-18-16-14-12-10-8-6-4-2/h5,7,11,13,17,19-20,23,42-43,45-49,51-52H,3-4,6,8-10,12,14-16,18,21-22,24-41H2,1-2H3,(H,53,54,55)/b7-5-,13-11-,19-17-,23-20-. The van der Waals surface area contributed by atoms with Gasteiger partial charge in [-0.05, 0) is 70.6 Å². The Balaban J connectivity index is 2.41. The van der Waals surface area contributed by atoms with Crippen LogP contribution in [0.2, 0.25) is 0 Å². The molecule has 0 aromatic rings. The van der Waals surface area contributed by atoms with E-state index in [4.69, 9.17) is 18.9 Å². The highest BCUT2D eigenvalue weighted by molar-refractivity contribution is 7.80. The van der Waals surface area contributed by atoms with Gasteiger partial charge < -0.3 is 34.3 Å². The summed E-state index contributed by atoms with van der Waals surface area (Å²) < 4.78 is 59.1. The van der Waals surface area contributed by atoms with E-state index in [1.54, 1.807) is 0 Å². The fraction of sp³-hybridized carbons (Fsp3) is 0.812. The van der Waals surface area contributed by atoms with Crippen molar-refractivity contribution in [3.8, 4) is 0 Å². The zero-order valence-corrected chi connectivity index (χ0v) is 38.8. The molecule has 0 amide bonds. The van der Waals surface area contributed by atoms with Gasteiger partial charge in [0.05, 0.1) is 19.8 Å². The lowest BCUT2D eigenvalue weighted by atomic mass is 9.99. The van der Waals surface area contributed by atoms with Crippen LogP contribution in [0.4, 0.5) is 0 Å². The lowest BCUT2D eigenvalue weighted by Crippen LogP contribution is -2.60. The van der Waals surface area contributed by atoms with Gasteiger partial charge in [0.1, 0.15) is 30.5 Å². The Morgan fingerprint density at radius 3 is 1.67 bits per heavy atom. The molecule has 61 heavy (non-hydrogen) atoms. The van der Waals surface area contributed by atoms with Gasteiger partial charge in [0, 0.05) is 13.0 Å². The van der Waals surface area contributed by atoms with Gasteiger partial charge in [-0.15, -0.1) is 0 Å². The van der Waals surface area contributed by atoms with Crippen molar-refractivity contribution in [2.75, 3.05) is 26.4 Å². The molecule has 4 N–H and O–H groups in total. The summed E-state index contributed by atoms with van der Waals surface area (Å²) in [4.78, 5) is 12.9. The molecule has 356 valence electrons.